The maximum atomic E-state index is 5.68. The minimum atomic E-state index is 0.518. The van der Waals surface area contributed by atoms with Gasteiger partial charge in [0.25, 0.3) is 0 Å². The summed E-state index contributed by atoms with van der Waals surface area (Å²) in [6, 6.07) is 3.66. The van der Waals surface area contributed by atoms with Crippen LogP contribution in [0.5, 0.6) is 0 Å². The lowest BCUT2D eigenvalue weighted by Gasteiger charge is -2.05. The molecule has 0 bridgehead atoms. The van der Waals surface area contributed by atoms with E-state index in [1.54, 1.807) is 6.20 Å². The molecule has 3 N–H and O–H groups in total. The van der Waals surface area contributed by atoms with Crippen LogP contribution in [0.15, 0.2) is 22.7 Å². The lowest BCUT2D eigenvalue weighted by Crippen LogP contribution is -2.03. The van der Waals surface area contributed by atoms with Gasteiger partial charge >= 0.3 is 0 Å². The van der Waals surface area contributed by atoms with E-state index in [-0.39, 0.29) is 0 Å². The van der Waals surface area contributed by atoms with Crippen LogP contribution in [0.4, 0.5) is 11.5 Å². The molecular weight excluding hydrogens is 204 g/mol. The van der Waals surface area contributed by atoms with Crippen molar-refractivity contribution in [2.45, 2.75) is 20.4 Å². The number of nitrogens with two attached hydrogens (primary N) is 1. The van der Waals surface area contributed by atoms with Crippen LogP contribution >= 0.6 is 0 Å². The normalized spacial score (nSPS) is 10.4. The Kier molecular flexibility index (Phi) is 2.76. The molecule has 16 heavy (non-hydrogen) atoms. The lowest BCUT2D eigenvalue weighted by atomic mass is 10.3. The van der Waals surface area contributed by atoms with E-state index in [0.29, 0.717) is 18.1 Å². The van der Waals surface area contributed by atoms with Gasteiger partial charge in [-0.1, -0.05) is 0 Å². The number of rotatable bonds is 3. The highest BCUT2D eigenvalue weighted by Crippen LogP contribution is 2.12. The number of hydrogen-bond donors (Lipinski definition) is 2. The van der Waals surface area contributed by atoms with Gasteiger partial charge < -0.3 is 15.5 Å². The van der Waals surface area contributed by atoms with Crippen molar-refractivity contribution in [1.82, 2.24) is 9.97 Å². The van der Waals surface area contributed by atoms with E-state index in [0.717, 1.165) is 17.3 Å². The Bertz CT molecular complexity index is 492. The predicted octanol–water partition coefficient (Wildman–Crippen LogP) is 1.88. The maximum absolute atomic E-state index is 5.68. The molecule has 0 saturated carbocycles. The number of oxazole rings is 1. The van der Waals surface area contributed by atoms with Crippen LogP contribution in [-0.2, 0) is 6.54 Å². The standard InChI is InChI=1S/C11H14N4O/c1-7-5-14-11(16-7)6-13-10-4-3-9(12)8(2)15-10/h3-5H,6,12H2,1-2H3,(H,13,15). The van der Waals surface area contributed by atoms with Crippen molar-refractivity contribution in [3.63, 3.8) is 0 Å². The van der Waals surface area contributed by atoms with Crippen LogP contribution in [0, 0.1) is 13.8 Å². The first-order valence-corrected chi connectivity index (χ1v) is 5.03. The second kappa shape index (κ2) is 4.22. The highest BCUT2D eigenvalue weighted by Gasteiger charge is 2.02. The number of nitrogens with zero attached hydrogens (tertiary/aromatic N) is 2. The molecular formula is C11H14N4O. The second-order valence-corrected chi connectivity index (χ2v) is 3.59. The fourth-order valence-corrected chi connectivity index (χ4v) is 1.32. The number of aryl methyl sites for hydroxylation is 2. The van der Waals surface area contributed by atoms with Gasteiger partial charge in [0.15, 0.2) is 0 Å². The van der Waals surface area contributed by atoms with Crippen molar-refractivity contribution in [3.8, 4) is 0 Å². The van der Waals surface area contributed by atoms with Crippen LogP contribution in [0.2, 0.25) is 0 Å². The molecule has 2 aromatic heterocycles. The van der Waals surface area contributed by atoms with Gasteiger partial charge in [-0.25, -0.2) is 9.97 Å². The molecule has 0 saturated heterocycles. The van der Waals surface area contributed by atoms with Gasteiger partial charge in [-0.2, -0.15) is 0 Å². The third-order valence-corrected chi connectivity index (χ3v) is 2.22. The first-order valence-electron chi connectivity index (χ1n) is 5.03. The maximum Gasteiger partial charge on any atom is 0.213 e. The molecule has 84 valence electrons. The molecule has 2 aromatic rings. The summed E-state index contributed by atoms with van der Waals surface area (Å²) in [6.07, 6.45) is 1.69. The topological polar surface area (TPSA) is 77.0 Å². The fourth-order valence-electron chi connectivity index (χ4n) is 1.32. The summed E-state index contributed by atoms with van der Waals surface area (Å²) in [5.74, 6) is 2.22. The highest BCUT2D eigenvalue weighted by molar-refractivity contribution is 5.48. The Morgan fingerprint density at radius 2 is 2.19 bits per heavy atom. The van der Waals surface area contributed by atoms with Gasteiger partial charge in [0.2, 0.25) is 5.89 Å². The molecule has 0 aliphatic heterocycles. The molecule has 0 aliphatic carbocycles. The quantitative estimate of drug-likeness (QED) is 0.822. The molecule has 2 heterocycles. The van der Waals surface area contributed by atoms with Gasteiger partial charge in [0.05, 0.1) is 24.1 Å². The summed E-state index contributed by atoms with van der Waals surface area (Å²) in [7, 11) is 0. The zero-order valence-electron chi connectivity index (χ0n) is 9.32. The van der Waals surface area contributed by atoms with Crippen LogP contribution in [0.25, 0.3) is 0 Å². The van der Waals surface area contributed by atoms with Gasteiger partial charge in [-0.05, 0) is 26.0 Å². The van der Waals surface area contributed by atoms with E-state index in [9.17, 15) is 0 Å². The third kappa shape index (κ3) is 2.31. The van der Waals surface area contributed by atoms with E-state index < -0.39 is 0 Å². The molecule has 0 radical (unpaired) electrons. The molecule has 0 amide bonds. The molecule has 5 heteroatoms. The minimum Gasteiger partial charge on any atom is -0.444 e. The molecule has 5 nitrogen and oxygen atoms in total. The molecule has 0 spiro atoms. The number of nitrogens with one attached hydrogen (secondary N) is 1. The summed E-state index contributed by atoms with van der Waals surface area (Å²) in [6.45, 7) is 4.25. The van der Waals surface area contributed by atoms with E-state index >= 15 is 0 Å². The van der Waals surface area contributed by atoms with Crippen LogP contribution in [0.1, 0.15) is 17.3 Å². The Balaban J connectivity index is 2.02. The smallest absolute Gasteiger partial charge is 0.213 e. The Morgan fingerprint density at radius 1 is 1.38 bits per heavy atom. The Hall–Kier alpha value is -2.04. The molecule has 0 unspecified atom stereocenters. The first-order chi connectivity index (χ1) is 7.65. The zero-order valence-corrected chi connectivity index (χ0v) is 9.32. The second-order valence-electron chi connectivity index (χ2n) is 3.59. The average molecular weight is 218 g/mol. The van der Waals surface area contributed by atoms with Crippen molar-refractivity contribution >= 4 is 11.5 Å². The van der Waals surface area contributed by atoms with Crippen LogP contribution in [0.3, 0.4) is 0 Å². The van der Waals surface area contributed by atoms with Crippen molar-refractivity contribution in [2.24, 2.45) is 0 Å². The first kappa shape index (κ1) is 10.5. The lowest BCUT2D eigenvalue weighted by molar-refractivity contribution is 0.479. The molecule has 2 rings (SSSR count). The number of aromatic nitrogens is 2. The number of hydrogen-bond acceptors (Lipinski definition) is 5. The Morgan fingerprint density at radius 3 is 2.81 bits per heavy atom. The largest absolute Gasteiger partial charge is 0.444 e. The summed E-state index contributed by atoms with van der Waals surface area (Å²) in [5, 5.41) is 3.12. The number of nitrogen functional groups attached to an aromatic ring is 1. The van der Waals surface area contributed by atoms with Crippen molar-refractivity contribution in [3.05, 3.63) is 35.7 Å². The van der Waals surface area contributed by atoms with Crippen molar-refractivity contribution < 1.29 is 4.42 Å². The summed E-state index contributed by atoms with van der Waals surface area (Å²) < 4.78 is 5.33. The summed E-state index contributed by atoms with van der Waals surface area (Å²) >= 11 is 0. The average Bonchev–Trinajstić information content (AvgIpc) is 2.66. The van der Waals surface area contributed by atoms with E-state index in [4.69, 9.17) is 10.2 Å². The van der Waals surface area contributed by atoms with Crippen LogP contribution in [-0.4, -0.2) is 9.97 Å². The monoisotopic (exact) mass is 218 g/mol. The molecule has 0 atom stereocenters. The Labute approximate surface area is 93.7 Å². The molecule has 0 aromatic carbocycles. The molecule has 0 aliphatic rings. The summed E-state index contributed by atoms with van der Waals surface area (Å²) in [4.78, 5) is 8.38. The SMILES string of the molecule is Cc1cnc(CNc2ccc(N)c(C)n2)o1. The predicted molar refractivity (Wildman–Crippen MR) is 62.0 cm³/mol. The van der Waals surface area contributed by atoms with E-state index in [1.807, 2.05) is 26.0 Å². The van der Waals surface area contributed by atoms with Gasteiger partial charge in [0.1, 0.15) is 11.6 Å². The summed E-state index contributed by atoms with van der Waals surface area (Å²) in [5.41, 5.74) is 7.18. The van der Waals surface area contributed by atoms with Crippen LogP contribution < -0.4 is 11.1 Å². The minimum absolute atomic E-state index is 0.518. The third-order valence-electron chi connectivity index (χ3n) is 2.22. The number of pyridine rings is 1. The fraction of sp³-hybridized carbons (Fsp3) is 0.273. The zero-order chi connectivity index (χ0) is 11.5. The van der Waals surface area contributed by atoms with E-state index in [1.165, 1.54) is 0 Å². The molecule has 0 fully saturated rings. The highest BCUT2D eigenvalue weighted by atomic mass is 16.4. The van der Waals surface area contributed by atoms with Crippen molar-refractivity contribution in [2.75, 3.05) is 11.1 Å². The number of anilines is 2. The van der Waals surface area contributed by atoms with E-state index in [2.05, 4.69) is 15.3 Å². The van der Waals surface area contributed by atoms with Gasteiger partial charge in [-0.3, -0.25) is 0 Å². The van der Waals surface area contributed by atoms with Gasteiger partial charge in [0, 0.05) is 0 Å². The van der Waals surface area contributed by atoms with Gasteiger partial charge in [-0.15, -0.1) is 0 Å². The van der Waals surface area contributed by atoms with Crippen molar-refractivity contribution in [1.29, 1.82) is 0 Å².